The quantitative estimate of drug-likeness (QED) is 0.797. The summed E-state index contributed by atoms with van der Waals surface area (Å²) in [5.74, 6) is 0.653. The molecule has 1 fully saturated rings. The first-order chi connectivity index (χ1) is 11.0. The summed E-state index contributed by atoms with van der Waals surface area (Å²) in [7, 11) is -3.31. The highest BCUT2D eigenvalue weighted by molar-refractivity contribution is 7.91. The fourth-order valence-electron chi connectivity index (χ4n) is 3.50. The number of nitrogens with one attached hydrogen (secondary N) is 1. The van der Waals surface area contributed by atoms with Crippen molar-refractivity contribution in [2.24, 2.45) is 0 Å². The average Bonchev–Trinajstić information content (AvgIpc) is 3.25. The van der Waals surface area contributed by atoms with Gasteiger partial charge in [0.25, 0.3) is 5.89 Å². The standard InChI is InChI=1S/C16H17N3O3S/c1-23(20,21)16(8-2-3-9-16)15-18-14(22-19-15)12-5-4-6-13-11(12)7-10-17-13/h4-7,10,17H,2-3,8-9H2,1H3. The Kier molecular flexibility index (Phi) is 3.09. The van der Waals surface area contributed by atoms with E-state index in [1.807, 2.05) is 30.5 Å². The van der Waals surface area contributed by atoms with Gasteiger partial charge in [-0.25, -0.2) is 8.42 Å². The first-order valence-electron chi connectivity index (χ1n) is 7.62. The van der Waals surface area contributed by atoms with Gasteiger partial charge in [0, 0.05) is 28.9 Å². The lowest BCUT2D eigenvalue weighted by Crippen LogP contribution is -2.33. The van der Waals surface area contributed by atoms with Crippen molar-refractivity contribution in [2.75, 3.05) is 6.26 Å². The molecule has 1 aliphatic rings. The number of nitrogens with zero attached hydrogens (tertiary/aromatic N) is 2. The summed E-state index contributed by atoms with van der Waals surface area (Å²) in [6.45, 7) is 0. The third kappa shape index (κ3) is 2.10. The second-order valence-electron chi connectivity index (χ2n) is 6.14. The summed E-state index contributed by atoms with van der Waals surface area (Å²) in [6.07, 6.45) is 5.95. The minimum Gasteiger partial charge on any atom is -0.361 e. The number of sulfone groups is 1. The van der Waals surface area contributed by atoms with Crippen LogP contribution in [0.2, 0.25) is 0 Å². The van der Waals surface area contributed by atoms with Crippen molar-refractivity contribution in [3.8, 4) is 11.5 Å². The number of aromatic amines is 1. The fourth-order valence-corrected chi connectivity index (χ4v) is 4.94. The van der Waals surface area contributed by atoms with Crippen LogP contribution in [0, 0.1) is 0 Å². The number of fused-ring (bicyclic) bond motifs is 1. The molecule has 0 atom stereocenters. The molecule has 1 N–H and O–H groups in total. The van der Waals surface area contributed by atoms with Crippen LogP contribution in [0.25, 0.3) is 22.4 Å². The number of hydrogen-bond donors (Lipinski definition) is 1. The second kappa shape index (κ2) is 4.92. The Morgan fingerprint density at radius 2 is 2.00 bits per heavy atom. The van der Waals surface area contributed by atoms with E-state index in [-0.39, 0.29) is 0 Å². The first-order valence-corrected chi connectivity index (χ1v) is 9.51. The van der Waals surface area contributed by atoms with E-state index in [9.17, 15) is 8.42 Å². The lowest BCUT2D eigenvalue weighted by atomic mass is 10.1. The van der Waals surface area contributed by atoms with Crippen LogP contribution < -0.4 is 0 Å². The minimum absolute atomic E-state index is 0.292. The summed E-state index contributed by atoms with van der Waals surface area (Å²) in [5, 5.41) is 5.00. The molecule has 1 saturated carbocycles. The van der Waals surface area contributed by atoms with Crippen LogP contribution in [-0.4, -0.2) is 29.8 Å². The first kappa shape index (κ1) is 14.4. The Morgan fingerprint density at radius 1 is 1.22 bits per heavy atom. The monoisotopic (exact) mass is 331 g/mol. The third-order valence-corrected chi connectivity index (χ3v) is 6.79. The SMILES string of the molecule is CS(=O)(=O)C1(c2noc(-c3cccc4[nH]ccc34)n2)CCCC1. The van der Waals surface area contributed by atoms with Crippen molar-refractivity contribution in [1.82, 2.24) is 15.1 Å². The van der Waals surface area contributed by atoms with Gasteiger partial charge in [-0.1, -0.05) is 24.1 Å². The van der Waals surface area contributed by atoms with Crippen LogP contribution >= 0.6 is 0 Å². The number of benzene rings is 1. The van der Waals surface area contributed by atoms with Gasteiger partial charge in [0.05, 0.1) is 0 Å². The molecule has 1 aromatic carbocycles. The lowest BCUT2D eigenvalue weighted by molar-refractivity contribution is 0.405. The number of H-pyrrole nitrogens is 1. The Labute approximate surface area is 133 Å². The van der Waals surface area contributed by atoms with E-state index >= 15 is 0 Å². The summed E-state index contributed by atoms with van der Waals surface area (Å²) in [4.78, 5) is 7.60. The van der Waals surface area contributed by atoms with Gasteiger partial charge in [-0.15, -0.1) is 0 Å². The molecule has 23 heavy (non-hydrogen) atoms. The molecule has 2 heterocycles. The summed E-state index contributed by atoms with van der Waals surface area (Å²) < 4.78 is 29.1. The summed E-state index contributed by atoms with van der Waals surface area (Å²) >= 11 is 0. The Morgan fingerprint density at radius 3 is 2.74 bits per heavy atom. The van der Waals surface area contributed by atoms with Crippen molar-refractivity contribution < 1.29 is 12.9 Å². The fraction of sp³-hybridized carbons (Fsp3) is 0.375. The van der Waals surface area contributed by atoms with Crippen molar-refractivity contribution in [3.63, 3.8) is 0 Å². The van der Waals surface area contributed by atoms with Gasteiger partial charge >= 0.3 is 0 Å². The van der Waals surface area contributed by atoms with Crippen molar-refractivity contribution in [3.05, 3.63) is 36.3 Å². The van der Waals surface area contributed by atoms with Crippen LogP contribution in [0.5, 0.6) is 0 Å². The Hall–Kier alpha value is -2.15. The van der Waals surface area contributed by atoms with E-state index in [4.69, 9.17) is 4.52 Å². The molecular weight excluding hydrogens is 314 g/mol. The van der Waals surface area contributed by atoms with Gasteiger partial charge in [0.15, 0.2) is 15.7 Å². The number of rotatable bonds is 3. The van der Waals surface area contributed by atoms with Crippen LogP contribution in [0.4, 0.5) is 0 Å². The van der Waals surface area contributed by atoms with Crippen molar-refractivity contribution in [2.45, 2.75) is 30.4 Å². The van der Waals surface area contributed by atoms with E-state index in [0.717, 1.165) is 29.3 Å². The highest BCUT2D eigenvalue weighted by Crippen LogP contribution is 2.44. The largest absolute Gasteiger partial charge is 0.361 e. The zero-order valence-electron chi connectivity index (χ0n) is 12.7. The molecule has 0 aliphatic heterocycles. The maximum Gasteiger partial charge on any atom is 0.258 e. The molecular formula is C16H17N3O3S. The summed E-state index contributed by atoms with van der Waals surface area (Å²) in [6, 6.07) is 7.71. The predicted octanol–water partition coefficient (Wildman–Crippen LogP) is 3.03. The van der Waals surface area contributed by atoms with Gasteiger partial charge < -0.3 is 9.51 Å². The van der Waals surface area contributed by atoms with Crippen LogP contribution in [0.3, 0.4) is 0 Å². The lowest BCUT2D eigenvalue weighted by Gasteiger charge is -2.22. The molecule has 0 saturated heterocycles. The molecule has 0 spiro atoms. The van der Waals surface area contributed by atoms with E-state index in [1.165, 1.54) is 6.26 Å². The summed E-state index contributed by atoms with van der Waals surface area (Å²) in [5.41, 5.74) is 1.78. The Bertz CT molecular complexity index is 965. The van der Waals surface area contributed by atoms with Gasteiger partial charge in [-0.3, -0.25) is 0 Å². The zero-order valence-corrected chi connectivity index (χ0v) is 13.6. The average molecular weight is 331 g/mol. The normalized spacial score (nSPS) is 17.8. The molecule has 3 aromatic rings. The molecule has 1 aliphatic carbocycles. The number of aromatic nitrogens is 3. The zero-order chi connectivity index (χ0) is 16.1. The third-order valence-electron chi connectivity index (χ3n) is 4.78. The van der Waals surface area contributed by atoms with Crippen LogP contribution in [0.15, 0.2) is 35.0 Å². The molecule has 4 rings (SSSR count). The molecule has 0 amide bonds. The van der Waals surface area contributed by atoms with Gasteiger partial charge in [-0.05, 0) is 31.0 Å². The van der Waals surface area contributed by atoms with E-state index in [1.54, 1.807) is 0 Å². The Balaban J connectivity index is 1.85. The highest BCUT2D eigenvalue weighted by atomic mass is 32.2. The van der Waals surface area contributed by atoms with E-state index in [2.05, 4.69) is 15.1 Å². The maximum atomic E-state index is 12.3. The van der Waals surface area contributed by atoms with Gasteiger partial charge in [-0.2, -0.15) is 4.98 Å². The molecule has 2 aromatic heterocycles. The van der Waals surface area contributed by atoms with Gasteiger partial charge in [0.2, 0.25) is 0 Å². The molecule has 0 unspecified atom stereocenters. The van der Waals surface area contributed by atoms with E-state index < -0.39 is 14.6 Å². The minimum atomic E-state index is -3.31. The van der Waals surface area contributed by atoms with Crippen molar-refractivity contribution >= 4 is 20.7 Å². The molecule has 7 heteroatoms. The van der Waals surface area contributed by atoms with Crippen LogP contribution in [0.1, 0.15) is 31.5 Å². The van der Waals surface area contributed by atoms with E-state index in [0.29, 0.717) is 24.6 Å². The molecule has 120 valence electrons. The maximum absolute atomic E-state index is 12.3. The van der Waals surface area contributed by atoms with Gasteiger partial charge in [0.1, 0.15) is 4.75 Å². The van der Waals surface area contributed by atoms with Crippen LogP contribution in [-0.2, 0) is 14.6 Å². The van der Waals surface area contributed by atoms with Crippen molar-refractivity contribution in [1.29, 1.82) is 0 Å². The molecule has 0 bridgehead atoms. The predicted molar refractivity (Wildman–Crippen MR) is 86.6 cm³/mol. The second-order valence-corrected chi connectivity index (χ2v) is 8.47. The smallest absolute Gasteiger partial charge is 0.258 e. The number of hydrogen-bond acceptors (Lipinski definition) is 5. The molecule has 6 nitrogen and oxygen atoms in total. The highest BCUT2D eigenvalue weighted by Gasteiger charge is 2.48. The topological polar surface area (TPSA) is 88.9 Å². The molecule has 0 radical (unpaired) electrons.